The second kappa shape index (κ2) is 7.84. The molecule has 2 rings (SSSR count). The van der Waals surface area contributed by atoms with E-state index < -0.39 is 0 Å². The van der Waals surface area contributed by atoms with Gasteiger partial charge in [-0.3, -0.25) is 4.79 Å². The van der Waals surface area contributed by atoms with Crippen LogP contribution < -0.4 is 15.1 Å². The Bertz CT molecular complexity index is 498. The SMILES string of the molecule is CC(C)[C@H](C)NC(=O)C[NH+]1CCN(c2cccc(Cl)c2)CC1. The lowest BCUT2D eigenvalue weighted by Crippen LogP contribution is -3.16. The van der Waals surface area contributed by atoms with Gasteiger partial charge in [0.1, 0.15) is 0 Å². The van der Waals surface area contributed by atoms with E-state index in [1.165, 1.54) is 10.6 Å². The third-order valence-electron chi connectivity index (χ3n) is 4.44. The molecule has 0 aliphatic carbocycles. The molecule has 122 valence electrons. The van der Waals surface area contributed by atoms with Gasteiger partial charge in [-0.05, 0) is 31.0 Å². The number of rotatable bonds is 5. The number of carbonyl (C=O) groups excluding carboxylic acids is 1. The van der Waals surface area contributed by atoms with E-state index in [2.05, 4.69) is 37.1 Å². The highest BCUT2D eigenvalue weighted by Gasteiger charge is 2.23. The number of hydrogen-bond donors (Lipinski definition) is 2. The van der Waals surface area contributed by atoms with Crippen LogP contribution >= 0.6 is 11.6 Å². The monoisotopic (exact) mass is 324 g/mol. The van der Waals surface area contributed by atoms with Gasteiger partial charge in [-0.1, -0.05) is 31.5 Å². The first-order valence-electron chi connectivity index (χ1n) is 8.09. The van der Waals surface area contributed by atoms with Crippen molar-refractivity contribution < 1.29 is 9.69 Å². The predicted molar refractivity (Wildman–Crippen MR) is 91.7 cm³/mol. The van der Waals surface area contributed by atoms with Gasteiger partial charge in [0.05, 0.1) is 26.2 Å². The Hall–Kier alpha value is -1.26. The molecule has 1 amide bonds. The smallest absolute Gasteiger partial charge is 0.275 e. The summed E-state index contributed by atoms with van der Waals surface area (Å²) >= 11 is 6.05. The maximum Gasteiger partial charge on any atom is 0.275 e. The number of benzene rings is 1. The molecule has 22 heavy (non-hydrogen) atoms. The van der Waals surface area contributed by atoms with Gasteiger partial charge in [0.25, 0.3) is 5.91 Å². The minimum Gasteiger partial charge on any atom is -0.360 e. The third kappa shape index (κ3) is 4.89. The maximum absolute atomic E-state index is 12.1. The average molecular weight is 325 g/mol. The number of hydrogen-bond acceptors (Lipinski definition) is 2. The quantitative estimate of drug-likeness (QED) is 0.854. The molecule has 0 unspecified atom stereocenters. The fraction of sp³-hybridized carbons (Fsp3) is 0.588. The molecule has 1 aromatic rings. The van der Waals surface area contributed by atoms with Crippen LogP contribution in [0.3, 0.4) is 0 Å². The van der Waals surface area contributed by atoms with Crippen molar-refractivity contribution in [2.45, 2.75) is 26.8 Å². The highest BCUT2D eigenvalue weighted by Crippen LogP contribution is 2.19. The van der Waals surface area contributed by atoms with Gasteiger partial charge in [-0.25, -0.2) is 0 Å². The molecule has 4 nitrogen and oxygen atoms in total. The number of nitrogens with zero attached hydrogens (tertiary/aromatic N) is 1. The van der Waals surface area contributed by atoms with Crippen LogP contribution in [0.1, 0.15) is 20.8 Å². The summed E-state index contributed by atoms with van der Waals surface area (Å²) in [6.07, 6.45) is 0. The molecule has 2 N–H and O–H groups in total. The summed E-state index contributed by atoms with van der Waals surface area (Å²) < 4.78 is 0. The minimum atomic E-state index is 0.160. The topological polar surface area (TPSA) is 36.8 Å². The number of anilines is 1. The number of piperazine rings is 1. The molecule has 0 aromatic heterocycles. The Kier molecular flexibility index (Phi) is 6.09. The van der Waals surface area contributed by atoms with E-state index in [1.54, 1.807) is 0 Å². The van der Waals surface area contributed by atoms with Crippen molar-refractivity contribution in [1.82, 2.24) is 5.32 Å². The molecule has 1 saturated heterocycles. The summed E-state index contributed by atoms with van der Waals surface area (Å²) in [6.45, 7) is 10.8. The Balaban J connectivity index is 1.79. The van der Waals surface area contributed by atoms with E-state index in [-0.39, 0.29) is 11.9 Å². The van der Waals surface area contributed by atoms with Crippen molar-refractivity contribution in [3.8, 4) is 0 Å². The lowest BCUT2D eigenvalue weighted by molar-refractivity contribution is -0.892. The number of nitrogens with one attached hydrogen (secondary N) is 2. The number of quaternary nitrogens is 1. The second-order valence-electron chi connectivity index (χ2n) is 6.49. The first-order chi connectivity index (χ1) is 10.5. The highest BCUT2D eigenvalue weighted by atomic mass is 35.5. The molecular formula is C17H27ClN3O+. The molecule has 1 aromatic carbocycles. The zero-order valence-corrected chi connectivity index (χ0v) is 14.5. The zero-order chi connectivity index (χ0) is 16.1. The molecule has 0 radical (unpaired) electrons. The molecule has 0 saturated carbocycles. The normalized spacial score (nSPS) is 17.6. The molecule has 0 bridgehead atoms. The largest absolute Gasteiger partial charge is 0.360 e. The fourth-order valence-corrected chi connectivity index (χ4v) is 2.81. The standard InChI is InChI=1S/C17H26ClN3O/c1-13(2)14(3)19-17(22)12-20-7-9-21(10-8-20)16-6-4-5-15(18)11-16/h4-6,11,13-14H,7-10,12H2,1-3H3,(H,19,22)/p+1/t14-/m0/s1. The van der Waals surface area contributed by atoms with E-state index in [0.717, 1.165) is 31.2 Å². The molecular weight excluding hydrogens is 298 g/mol. The van der Waals surface area contributed by atoms with Crippen molar-refractivity contribution in [3.05, 3.63) is 29.3 Å². The fourth-order valence-electron chi connectivity index (χ4n) is 2.63. The molecule has 1 fully saturated rings. The highest BCUT2D eigenvalue weighted by molar-refractivity contribution is 6.30. The molecule has 1 aliphatic heterocycles. The van der Waals surface area contributed by atoms with Crippen LogP contribution in [-0.4, -0.2) is 44.7 Å². The summed E-state index contributed by atoms with van der Waals surface area (Å²) in [6, 6.07) is 8.21. The summed E-state index contributed by atoms with van der Waals surface area (Å²) in [7, 11) is 0. The predicted octanol–water partition coefficient (Wildman–Crippen LogP) is 1.21. The van der Waals surface area contributed by atoms with Gasteiger partial charge in [0, 0.05) is 16.8 Å². The van der Waals surface area contributed by atoms with Crippen LogP contribution in [0.15, 0.2) is 24.3 Å². The van der Waals surface area contributed by atoms with Crippen molar-refractivity contribution in [2.75, 3.05) is 37.6 Å². The van der Waals surface area contributed by atoms with Gasteiger partial charge >= 0.3 is 0 Å². The summed E-state index contributed by atoms with van der Waals surface area (Å²) in [5.74, 6) is 0.631. The summed E-state index contributed by atoms with van der Waals surface area (Å²) in [5, 5.41) is 3.86. The summed E-state index contributed by atoms with van der Waals surface area (Å²) in [4.78, 5) is 15.8. The van der Waals surface area contributed by atoms with Crippen LogP contribution in [0.25, 0.3) is 0 Å². The van der Waals surface area contributed by atoms with Gasteiger partial charge in [0.15, 0.2) is 6.54 Å². The maximum atomic E-state index is 12.1. The van der Waals surface area contributed by atoms with E-state index in [1.807, 2.05) is 18.2 Å². The summed E-state index contributed by atoms with van der Waals surface area (Å²) in [5.41, 5.74) is 1.17. The van der Waals surface area contributed by atoms with Crippen LogP contribution in [0, 0.1) is 5.92 Å². The van der Waals surface area contributed by atoms with Gasteiger partial charge in [-0.2, -0.15) is 0 Å². The number of amides is 1. The zero-order valence-electron chi connectivity index (χ0n) is 13.7. The van der Waals surface area contributed by atoms with E-state index >= 15 is 0 Å². The first-order valence-corrected chi connectivity index (χ1v) is 8.47. The van der Waals surface area contributed by atoms with Crippen LogP contribution in [0.2, 0.25) is 5.02 Å². The molecule has 1 aliphatic rings. The Morgan fingerprint density at radius 2 is 2.00 bits per heavy atom. The number of carbonyl (C=O) groups is 1. The molecule has 1 heterocycles. The van der Waals surface area contributed by atoms with E-state index in [4.69, 9.17) is 11.6 Å². The van der Waals surface area contributed by atoms with Crippen LogP contribution in [-0.2, 0) is 4.79 Å². The van der Waals surface area contributed by atoms with Crippen molar-refractivity contribution in [3.63, 3.8) is 0 Å². The van der Waals surface area contributed by atoms with Crippen molar-refractivity contribution >= 4 is 23.2 Å². The minimum absolute atomic E-state index is 0.160. The Morgan fingerprint density at radius 1 is 1.32 bits per heavy atom. The Morgan fingerprint density at radius 3 is 2.59 bits per heavy atom. The number of halogens is 1. The molecule has 1 atom stereocenters. The first kappa shape index (κ1) is 17.1. The molecule has 0 spiro atoms. The lowest BCUT2D eigenvalue weighted by Gasteiger charge is -2.33. The lowest BCUT2D eigenvalue weighted by atomic mass is 10.1. The van der Waals surface area contributed by atoms with Crippen LogP contribution in [0.5, 0.6) is 0 Å². The Labute approximate surface area is 138 Å². The van der Waals surface area contributed by atoms with Crippen molar-refractivity contribution in [1.29, 1.82) is 0 Å². The third-order valence-corrected chi connectivity index (χ3v) is 4.68. The van der Waals surface area contributed by atoms with E-state index in [9.17, 15) is 4.79 Å². The van der Waals surface area contributed by atoms with Crippen LogP contribution in [0.4, 0.5) is 5.69 Å². The van der Waals surface area contributed by atoms with Crippen molar-refractivity contribution in [2.24, 2.45) is 5.92 Å². The van der Waals surface area contributed by atoms with E-state index in [0.29, 0.717) is 12.5 Å². The average Bonchev–Trinajstić information content (AvgIpc) is 2.47. The second-order valence-corrected chi connectivity index (χ2v) is 6.93. The van der Waals surface area contributed by atoms with Gasteiger partial charge in [-0.15, -0.1) is 0 Å². The molecule has 5 heteroatoms. The van der Waals surface area contributed by atoms with Gasteiger partial charge < -0.3 is 15.1 Å². The van der Waals surface area contributed by atoms with Gasteiger partial charge in [0.2, 0.25) is 0 Å².